The van der Waals surface area contributed by atoms with E-state index in [0.717, 1.165) is 13.0 Å². The number of ether oxygens (including phenoxy) is 1. The van der Waals surface area contributed by atoms with Crippen LogP contribution < -0.4 is 0 Å². The standard InChI is InChI=1S/C7H14O2.C4H9NO/c1-5(2)6(3)7(8)9-4;1-3-5(2)4-6/h5-6H,1-4H3;4H,3H2,1-2H3. The molecular weight excluding hydrogens is 194 g/mol. The predicted molar refractivity (Wildman–Crippen MR) is 60.4 cm³/mol. The van der Waals surface area contributed by atoms with Gasteiger partial charge in [-0.15, -0.1) is 0 Å². The van der Waals surface area contributed by atoms with Crippen molar-refractivity contribution in [2.24, 2.45) is 11.8 Å². The second kappa shape index (κ2) is 9.49. The highest BCUT2D eigenvalue weighted by atomic mass is 16.5. The highest BCUT2D eigenvalue weighted by molar-refractivity contribution is 5.71. The fourth-order valence-electron chi connectivity index (χ4n) is 0.533. The molecule has 0 N–H and O–H groups in total. The molecule has 0 fully saturated rings. The summed E-state index contributed by atoms with van der Waals surface area (Å²) in [5, 5.41) is 0. The zero-order valence-electron chi connectivity index (χ0n) is 10.6. The zero-order chi connectivity index (χ0) is 12.4. The quantitative estimate of drug-likeness (QED) is 0.530. The van der Waals surface area contributed by atoms with Crippen LogP contribution in [0.3, 0.4) is 0 Å². The molecule has 0 saturated heterocycles. The number of amides is 1. The Balaban J connectivity index is 0. The van der Waals surface area contributed by atoms with Crippen LogP contribution in [0.2, 0.25) is 0 Å². The van der Waals surface area contributed by atoms with Gasteiger partial charge in [-0.2, -0.15) is 0 Å². The van der Waals surface area contributed by atoms with E-state index < -0.39 is 0 Å². The molecule has 0 bridgehead atoms. The molecule has 0 radical (unpaired) electrons. The molecule has 0 aliphatic heterocycles. The Bertz CT molecular complexity index is 181. The van der Waals surface area contributed by atoms with Gasteiger partial charge < -0.3 is 9.64 Å². The first-order chi connectivity index (χ1) is 6.90. The van der Waals surface area contributed by atoms with E-state index in [1.165, 1.54) is 7.11 Å². The summed E-state index contributed by atoms with van der Waals surface area (Å²) in [6.45, 7) is 8.59. The van der Waals surface area contributed by atoms with E-state index >= 15 is 0 Å². The van der Waals surface area contributed by atoms with Crippen molar-refractivity contribution in [2.75, 3.05) is 20.7 Å². The predicted octanol–water partition coefficient (Wildman–Crippen LogP) is 1.55. The van der Waals surface area contributed by atoms with E-state index in [0.29, 0.717) is 5.92 Å². The van der Waals surface area contributed by atoms with Gasteiger partial charge >= 0.3 is 5.97 Å². The largest absolute Gasteiger partial charge is 0.469 e. The van der Waals surface area contributed by atoms with E-state index in [1.807, 2.05) is 27.7 Å². The van der Waals surface area contributed by atoms with Crippen LogP contribution in [-0.4, -0.2) is 38.0 Å². The summed E-state index contributed by atoms with van der Waals surface area (Å²) in [5.74, 6) is 0.275. The zero-order valence-corrected chi connectivity index (χ0v) is 10.6. The Kier molecular flexibility index (Phi) is 10.4. The average molecular weight is 217 g/mol. The first kappa shape index (κ1) is 16.4. The molecule has 0 rings (SSSR count). The lowest BCUT2D eigenvalue weighted by atomic mass is 9.99. The second-order valence-corrected chi connectivity index (χ2v) is 3.73. The minimum Gasteiger partial charge on any atom is -0.469 e. The third-order valence-electron chi connectivity index (χ3n) is 2.25. The van der Waals surface area contributed by atoms with Crippen molar-refractivity contribution >= 4 is 12.4 Å². The summed E-state index contributed by atoms with van der Waals surface area (Å²) >= 11 is 0. The molecule has 0 spiro atoms. The van der Waals surface area contributed by atoms with Crippen LogP contribution in [0.4, 0.5) is 0 Å². The highest BCUT2D eigenvalue weighted by Gasteiger charge is 2.15. The molecule has 15 heavy (non-hydrogen) atoms. The van der Waals surface area contributed by atoms with Crippen molar-refractivity contribution in [3.63, 3.8) is 0 Å². The third kappa shape index (κ3) is 9.25. The third-order valence-corrected chi connectivity index (χ3v) is 2.25. The molecule has 0 heterocycles. The molecule has 0 aliphatic carbocycles. The highest BCUT2D eigenvalue weighted by Crippen LogP contribution is 2.10. The van der Waals surface area contributed by atoms with E-state index in [1.54, 1.807) is 11.9 Å². The smallest absolute Gasteiger partial charge is 0.308 e. The minimum atomic E-state index is -0.120. The van der Waals surface area contributed by atoms with Crippen LogP contribution in [0.1, 0.15) is 27.7 Å². The fraction of sp³-hybridized carbons (Fsp3) is 0.818. The van der Waals surface area contributed by atoms with Gasteiger partial charge in [0.05, 0.1) is 13.0 Å². The molecule has 0 aromatic rings. The normalized spacial score (nSPS) is 11.1. The Hall–Kier alpha value is -1.06. The van der Waals surface area contributed by atoms with Gasteiger partial charge in [0, 0.05) is 13.6 Å². The number of methoxy groups -OCH3 is 1. The van der Waals surface area contributed by atoms with E-state index in [-0.39, 0.29) is 11.9 Å². The molecule has 1 atom stereocenters. The first-order valence-electron chi connectivity index (χ1n) is 5.14. The lowest BCUT2D eigenvalue weighted by Crippen LogP contribution is -2.17. The van der Waals surface area contributed by atoms with E-state index in [4.69, 9.17) is 0 Å². The summed E-state index contributed by atoms with van der Waals surface area (Å²) in [7, 11) is 3.16. The summed E-state index contributed by atoms with van der Waals surface area (Å²) in [6.07, 6.45) is 0.806. The van der Waals surface area contributed by atoms with Crippen molar-refractivity contribution in [3.8, 4) is 0 Å². The van der Waals surface area contributed by atoms with Crippen molar-refractivity contribution in [1.29, 1.82) is 0 Å². The fourth-order valence-corrected chi connectivity index (χ4v) is 0.533. The molecule has 90 valence electrons. The van der Waals surface area contributed by atoms with Crippen LogP contribution in [0, 0.1) is 11.8 Å². The van der Waals surface area contributed by atoms with Crippen molar-refractivity contribution < 1.29 is 14.3 Å². The molecule has 1 amide bonds. The molecule has 1 unspecified atom stereocenters. The maximum atomic E-state index is 10.7. The number of rotatable bonds is 4. The Morgan fingerprint density at radius 2 is 1.87 bits per heavy atom. The molecule has 0 aromatic carbocycles. The van der Waals surface area contributed by atoms with Gasteiger partial charge in [-0.25, -0.2) is 0 Å². The van der Waals surface area contributed by atoms with Crippen molar-refractivity contribution in [3.05, 3.63) is 0 Å². The SMILES string of the molecule is CCN(C)C=O.COC(=O)C(C)C(C)C. The monoisotopic (exact) mass is 217 g/mol. The maximum Gasteiger partial charge on any atom is 0.308 e. The average Bonchev–Trinajstić information content (AvgIpc) is 2.26. The molecule has 0 saturated carbocycles. The van der Waals surface area contributed by atoms with Gasteiger partial charge in [0.1, 0.15) is 0 Å². The summed E-state index contributed by atoms with van der Waals surface area (Å²) in [4.78, 5) is 22.0. The number of nitrogens with zero attached hydrogens (tertiary/aromatic N) is 1. The minimum absolute atomic E-state index is 0.0231. The second-order valence-electron chi connectivity index (χ2n) is 3.73. The molecule has 0 aliphatic rings. The lowest BCUT2D eigenvalue weighted by Gasteiger charge is -2.11. The number of carbonyl (C=O) groups excluding carboxylic acids is 2. The molecular formula is C11H23NO3. The summed E-state index contributed by atoms with van der Waals surface area (Å²) in [6, 6.07) is 0. The van der Waals surface area contributed by atoms with E-state index in [9.17, 15) is 9.59 Å². The number of esters is 1. The number of hydrogen-bond acceptors (Lipinski definition) is 3. The Labute approximate surface area is 92.6 Å². The van der Waals surface area contributed by atoms with Gasteiger partial charge in [-0.1, -0.05) is 20.8 Å². The molecule has 0 aromatic heterocycles. The molecule has 4 heteroatoms. The Morgan fingerprint density at radius 1 is 1.40 bits per heavy atom. The van der Waals surface area contributed by atoms with Gasteiger partial charge in [0.25, 0.3) is 0 Å². The Morgan fingerprint density at radius 3 is 1.93 bits per heavy atom. The number of hydrogen-bond donors (Lipinski definition) is 0. The van der Waals surface area contributed by atoms with Crippen LogP contribution >= 0.6 is 0 Å². The summed E-state index contributed by atoms with van der Waals surface area (Å²) in [5.41, 5.74) is 0. The van der Waals surface area contributed by atoms with Gasteiger partial charge in [0.15, 0.2) is 0 Å². The van der Waals surface area contributed by atoms with Crippen molar-refractivity contribution in [1.82, 2.24) is 4.90 Å². The lowest BCUT2D eigenvalue weighted by molar-refractivity contribution is -0.146. The van der Waals surface area contributed by atoms with Crippen LogP contribution in [0.5, 0.6) is 0 Å². The van der Waals surface area contributed by atoms with E-state index in [2.05, 4.69) is 4.74 Å². The molecule has 4 nitrogen and oxygen atoms in total. The first-order valence-corrected chi connectivity index (χ1v) is 5.14. The summed E-state index contributed by atoms with van der Waals surface area (Å²) < 4.78 is 4.53. The number of carbonyl (C=O) groups is 2. The van der Waals surface area contributed by atoms with Gasteiger partial charge in [0.2, 0.25) is 6.41 Å². The van der Waals surface area contributed by atoms with Crippen LogP contribution in [0.15, 0.2) is 0 Å². The van der Waals surface area contributed by atoms with Crippen LogP contribution in [0.25, 0.3) is 0 Å². The topological polar surface area (TPSA) is 46.6 Å². The maximum absolute atomic E-state index is 10.7. The van der Waals surface area contributed by atoms with Gasteiger partial charge in [-0.3, -0.25) is 9.59 Å². The van der Waals surface area contributed by atoms with Crippen molar-refractivity contribution in [2.45, 2.75) is 27.7 Å². The van der Waals surface area contributed by atoms with Gasteiger partial charge in [-0.05, 0) is 12.8 Å². The van der Waals surface area contributed by atoms with Crippen LogP contribution in [-0.2, 0) is 14.3 Å².